The maximum atomic E-state index is 12.8. The van der Waals surface area contributed by atoms with E-state index in [0.29, 0.717) is 11.4 Å². The van der Waals surface area contributed by atoms with Crippen LogP contribution in [0.4, 0.5) is 5.69 Å². The van der Waals surface area contributed by atoms with Crippen molar-refractivity contribution in [2.24, 2.45) is 0 Å². The number of aromatic nitrogens is 6. The Morgan fingerprint density at radius 1 is 1.06 bits per heavy atom. The third-order valence-electron chi connectivity index (χ3n) is 4.90. The molecule has 12 nitrogen and oxygen atoms in total. The fraction of sp³-hybridized carbons (Fsp3) is 0.0909. The molecule has 0 amide bonds. The number of nitriles is 1. The third-order valence-corrected chi connectivity index (χ3v) is 4.90. The SMILES string of the molecule is [C-]#[N+]c1c(C)nn2c(=O)/c(=C/C=CC=Cc3c(O)nc4c(=C=N)c(C)nn4c3=O)c(C#N)nc12. The van der Waals surface area contributed by atoms with Gasteiger partial charge in [0.15, 0.2) is 17.0 Å². The minimum Gasteiger partial charge on any atom is -0.493 e. The van der Waals surface area contributed by atoms with Gasteiger partial charge in [-0.3, -0.25) is 15.0 Å². The van der Waals surface area contributed by atoms with Crippen molar-refractivity contribution in [3.8, 4) is 11.9 Å². The molecule has 0 aliphatic rings. The molecule has 0 saturated carbocycles. The van der Waals surface area contributed by atoms with Gasteiger partial charge in [0.1, 0.15) is 16.9 Å². The van der Waals surface area contributed by atoms with Gasteiger partial charge in [0.2, 0.25) is 5.88 Å². The third kappa shape index (κ3) is 3.29. The van der Waals surface area contributed by atoms with E-state index >= 15 is 0 Å². The van der Waals surface area contributed by atoms with E-state index in [9.17, 15) is 20.0 Å². The average molecular weight is 451 g/mol. The van der Waals surface area contributed by atoms with Crippen LogP contribution in [0.25, 0.3) is 28.3 Å². The van der Waals surface area contributed by atoms with Gasteiger partial charge >= 0.3 is 0 Å². The first-order chi connectivity index (χ1) is 16.3. The van der Waals surface area contributed by atoms with E-state index in [0.717, 1.165) is 9.03 Å². The number of aryl methyl sites for hydroxylation is 2. The molecule has 4 rings (SSSR count). The Labute approximate surface area is 189 Å². The van der Waals surface area contributed by atoms with Crippen molar-refractivity contribution < 1.29 is 5.11 Å². The summed E-state index contributed by atoms with van der Waals surface area (Å²) in [6.45, 7) is 10.4. The van der Waals surface area contributed by atoms with Crippen LogP contribution in [0.2, 0.25) is 0 Å². The lowest BCUT2D eigenvalue weighted by molar-refractivity contribution is 0.450. The lowest BCUT2D eigenvalue weighted by Gasteiger charge is -1.97. The van der Waals surface area contributed by atoms with Crippen molar-refractivity contribution in [2.75, 3.05) is 0 Å². The Balaban J connectivity index is 1.75. The molecule has 0 fully saturated rings. The summed E-state index contributed by atoms with van der Waals surface area (Å²) < 4.78 is 1.96. The van der Waals surface area contributed by atoms with E-state index in [1.54, 1.807) is 13.8 Å². The second kappa shape index (κ2) is 8.24. The Morgan fingerprint density at radius 2 is 1.76 bits per heavy atom. The van der Waals surface area contributed by atoms with Gasteiger partial charge in [-0.2, -0.15) is 29.5 Å². The van der Waals surface area contributed by atoms with Crippen LogP contribution in [-0.2, 0) is 0 Å². The number of hydrogen-bond acceptors (Lipinski definition) is 9. The van der Waals surface area contributed by atoms with Gasteiger partial charge in [-0.1, -0.05) is 18.2 Å². The van der Waals surface area contributed by atoms with Crippen LogP contribution < -0.4 is 21.6 Å². The molecule has 34 heavy (non-hydrogen) atoms. The molecule has 0 spiro atoms. The van der Waals surface area contributed by atoms with Crippen LogP contribution in [0.15, 0.2) is 27.8 Å². The zero-order chi connectivity index (χ0) is 24.6. The summed E-state index contributed by atoms with van der Waals surface area (Å²) in [4.78, 5) is 36.7. The van der Waals surface area contributed by atoms with Gasteiger partial charge in [0, 0.05) is 0 Å². The van der Waals surface area contributed by atoms with Crippen molar-refractivity contribution in [1.82, 2.24) is 29.2 Å². The van der Waals surface area contributed by atoms with Crippen molar-refractivity contribution >= 4 is 35.0 Å². The number of fused-ring (bicyclic) bond motifs is 2. The summed E-state index contributed by atoms with van der Waals surface area (Å²) in [5.41, 5.74) is -0.652. The fourth-order valence-electron chi connectivity index (χ4n) is 3.29. The summed E-state index contributed by atoms with van der Waals surface area (Å²) in [5, 5.41) is 35.1. The zero-order valence-corrected chi connectivity index (χ0v) is 17.7. The molecule has 0 saturated heterocycles. The van der Waals surface area contributed by atoms with E-state index in [-0.39, 0.29) is 38.7 Å². The number of nitrogens with zero attached hydrogens (tertiary/aromatic N) is 8. The molecule has 4 aromatic rings. The smallest absolute Gasteiger partial charge is 0.285 e. The first-order valence-electron chi connectivity index (χ1n) is 9.60. The monoisotopic (exact) mass is 451 g/mol. The van der Waals surface area contributed by atoms with E-state index in [4.69, 9.17) is 12.0 Å². The molecular weight excluding hydrogens is 438 g/mol. The van der Waals surface area contributed by atoms with Gasteiger partial charge < -0.3 is 5.11 Å². The highest BCUT2D eigenvalue weighted by molar-refractivity contribution is 5.71. The highest BCUT2D eigenvalue weighted by Crippen LogP contribution is 2.21. The van der Waals surface area contributed by atoms with E-state index in [2.05, 4.69) is 30.9 Å². The highest BCUT2D eigenvalue weighted by Gasteiger charge is 2.16. The molecule has 4 aromatic heterocycles. The Kier molecular flexibility index (Phi) is 5.28. The maximum absolute atomic E-state index is 12.8. The topological polar surface area (TPSA) is 167 Å². The van der Waals surface area contributed by atoms with Gasteiger partial charge in [-0.25, -0.2) is 9.83 Å². The summed E-state index contributed by atoms with van der Waals surface area (Å²) in [6.07, 6.45) is 7.01. The second-order valence-electron chi connectivity index (χ2n) is 6.96. The highest BCUT2D eigenvalue weighted by atomic mass is 16.3. The predicted molar refractivity (Wildman–Crippen MR) is 121 cm³/mol. The largest absolute Gasteiger partial charge is 0.493 e. The number of hydrogen-bond donors (Lipinski definition) is 2. The molecule has 12 heteroatoms. The Morgan fingerprint density at radius 3 is 2.44 bits per heavy atom. The first kappa shape index (κ1) is 21.8. The Bertz CT molecular complexity index is 1910. The molecule has 0 radical (unpaired) electrons. The standard InChI is InChI=1S/C22H13N9O3/c1-11-15(9-23)18-27-20(32)14(22(34)30(18)28-11)8-6-4-5-7-13-16(10-24)26-19-17(25-3)12(2)29-31(19)21(13)33/h4-8,23,32H,1-2H3/b5-4?,8-6?,13-7+. The van der Waals surface area contributed by atoms with Crippen LogP contribution in [0, 0.1) is 37.2 Å². The minimum absolute atomic E-state index is 0.0171. The zero-order valence-electron chi connectivity index (χ0n) is 17.7. The fourth-order valence-corrected chi connectivity index (χ4v) is 3.29. The van der Waals surface area contributed by atoms with E-state index in [1.807, 2.05) is 6.07 Å². The van der Waals surface area contributed by atoms with Crippen LogP contribution in [0.3, 0.4) is 0 Å². The van der Waals surface area contributed by atoms with Crippen molar-refractivity contribution in [3.05, 3.63) is 83.4 Å². The van der Waals surface area contributed by atoms with Gasteiger partial charge in [-0.05, 0) is 31.9 Å². The normalized spacial score (nSPS) is 12.1. The molecule has 2 N–H and O–H groups in total. The lowest BCUT2D eigenvalue weighted by atomic mass is 10.2. The van der Waals surface area contributed by atoms with Crippen LogP contribution in [0.1, 0.15) is 22.6 Å². The molecule has 0 atom stereocenters. The summed E-state index contributed by atoms with van der Waals surface area (Å²) in [6, 6.07) is 1.85. The van der Waals surface area contributed by atoms with Crippen molar-refractivity contribution in [2.45, 2.75) is 13.8 Å². The quantitative estimate of drug-likeness (QED) is 0.242. The summed E-state index contributed by atoms with van der Waals surface area (Å²) in [5.74, 6) is 1.61. The molecule has 0 aliphatic carbocycles. The maximum Gasteiger partial charge on any atom is 0.285 e. The number of nitrogens with one attached hydrogen (secondary N) is 1. The minimum atomic E-state index is -0.631. The van der Waals surface area contributed by atoms with E-state index < -0.39 is 17.0 Å². The van der Waals surface area contributed by atoms with E-state index in [1.165, 1.54) is 30.4 Å². The van der Waals surface area contributed by atoms with Crippen LogP contribution in [-0.4, -0.2) is 40.2 Å². The molecule has 4 heterocycles. The summed E-state index contributed by atoms with van der Waals surface area (Å²) in [7, 11) is 0. The molecular formula is C22H13N9O3. The van der Waals surface area contributed by atoms with Crippen LogP contribution in [0.5, 0.6) is 5.88 Å². The molecule has 0 unspecified atom stereocenters. The summed E-state index contributed by atoms with van der Waals surface area (Å²) >= 11 is 0. The molecule has 0 bridgehead atoms. The molecule has 0 aliphatic heterocycles. The molecule has 0 aromatic carbocycles. The van der Waals surface area contributed by atoms with Crippen molar-refractivity contribution in [3.63, 3.8) is 0 Å². The predicted octanol–water partition coefficient (Wildman–Crippen LogP) is -0.355. The molecule has 164 valence electrons. The van der Waals surface area contributed by atoms with Gasteiger partial charge in [0.25, 0.3) is 16.8 Å². The first-order valence-corrected chi connectivity index (χ1v) is 9.60. The average Bonchev–Trinajstić information content (AvgIpc) is 3.31. The van der Waals surface area contributed by atoms with Gasteiger partial charge in [-0.15, -0.1) is 0 Å². The number of aromatic hydroxyl groups is 1. The number of allylic oxidation sites excluding steroid dienone is 3. The lowest BCUT2D eigenvalue weighted by Crippen LogP contribution is -2.34. The second-order valence-corrected chi connectivity index (χ2v) is 6.96. The van der Waals surface area contributed by atoms with Gasteiger partial charge in [0.05, 0.1) is 23.2 Å². The number of rotatable bonds is 3. The van der Waals surface area contributed by atoms with Crippen LogP contribution >= 0.6 is 0 Å². The van der Waals surface area contributed by atoms with Crippen molar-refractivity contribution in [1.29, 1.82) is 10.7 Å². The Hall–Kier alpha value is -5.45.